The van der Waals surface area contributed by atoms with Crippen LogP contribution < -0.4 is 4.74 Å². The highest BCUT2D eigenvalue weighted by Crippen LogP contribution is 2.39. The second-order valence-electron chi connectivity index (χ2n) is 14.5. The molecule has 0 amide bonds. The second-order valence-corrected chi connectivity index (χ2v) is 14.5. The molecule has 1 heterocycles. The minimum absolute atomic E-state index is 0.0541. The van der Waals surface area contributed by atoms with Crippen molar-refractivity contribution in [2.45, 2.75) is 86.4 Å². The summed E-state index contributed by atoms with van der Waals surface area (Å²) in [7, 11) is 0. The normalized spacial score (nSPS) is 12.8. The molecule has 0 aliphatic heterocycles. The molecule has 1 atom stereocenters. The highest BCUT2D eigenvalue weighted by atomic mass is 19.4. The number of unbranched alkanes of at least 4 members (excludes halogenated alkanes) is 1. The number of hydrogen-bond acceptors (Lipinski definition) is 5. The highest BCUT2D eigenvalue weighted by Gasteiger charge is 2.28. The van der Waals surface area contributed by atoms with Crippen LogP contribution in [0, 0.1) is 26.7 Å². The van der Waals surface area contributed by atoms with E-state index < -0.39 is 25.2 Å². The third-order valence-electron chi connectivity index (χ3n) is 10.3. The highest BCUT2D eigenvalue weighted by molar-refractivity contribution is 6.27. The van der Waals surface area contributed by atoms with Gasteiger partial charge in [0.2, 0.25) is 0 Å². The molecule has 0 aliphatic rings. The molecule has 0 bridgehead atoms. The predicted octanol–water partition coefficient (Wildman–Crippen LogP) is 12.0. The Kier molecular flexibility index (Phi) is 11.8. The van der Waals surface area contributed by atoms with E-state index in [-0.39, 0.29) is 17.2 Å². The molecule has 55 heavy (non-hydrogen) atoms. The Hall–Kier alpha value is -5.44. The van der Waals surface area contributed by atoms with Crippen LogP contribution in [-0.4, -0.2) is 34.8 Å². The average molecular weight is 749 g/mol. The van der Waals surface area contributed by atoms with Crippen molar-refractivity contribution in [1.82, 2.24) is 4.57 Å². The van der Waals surface area contributed by atoms with Gasteiger partial charge in [-0.1, -0.05) is 98.4 Å². The fourth-order valence-corrected chi connectivity index (χ4v) is 7.77. The number of para-hydroxylation sites is 1. The first-order chi connectivity index (χ1) is 26.3. The minimum Gasteiger partial charge on any atom is -0.493 e. The summed E-state index contributed by atoms with van der Waals surface area (Å²) in [6.45, 7) is 11.8. The van der Waals surface area contributed by atoms with Crippen LogP contribution in [0.5, 0.6) is 5.75 Å². The first-order valence-corrected chi connectivity index (χ1v) is 19.0. The van der Waals surface area contributed by atoms with Gasteiger partial charge in [-0.2, -0.15) is 13.2 Å². The van der Waals surface area contributed by atoms with E-state index in [1.807, 2.05) is 75.4 Å². The quantitative estimate of drug-likeness (QED) is 0.0481. The van der Waals surface area contributed by atoms with E-state index in [0.29, 0.717) is 28.2 Å². The Bertz CT molecular complexity index is 2400. The minimum atomic E-state index is -4.39. The largest absolute Gasteiger partial charge is 0.493 e. The third kappa shape index (κ3) is 8.46. The van der Waals surface area contributed by atoms with Crippen LogP contribution in [0.1, 0.15) is 96.6 Å². The monoisotopic (exact) mass is 748 g/mol. The van der Waals surface area contributed by atoms with Gasteiger partial charge in [0, 0.05) is 57.4 Å². The number of alkyl halides is 3. The van der Waals surface area contributed by atoms with E-state index in [9.17, 15) is 22.8 Å². The Balaban J connectivity index is 1.63. The summed E-state index contributed by atoms with van der Waals surface area (Å²) < 4.78 is 47.2. The maximum atomic E-state index is 14.7. The van der Waals surface area contributed by atoms with Crippen molar-refractivity contribution in [3.05, 3.63) is 124 Å². The molecule has 0 N–H and O–H groups in total. The van der Waals surface area contributed by atoms with Gasteiger partial charge in [-0.25, -0.2) is 4.79 Å². The van der Waals surface area contributed by atoms with Crippen LogP contribution in [0.4, 0.5) is 13.2 Å². The third-order valence-corrected chi connectivity index (χ3v) is 10.3. The number of aromatic nitrogens is 1. The molecule has 0 radical (unpaired) electrons. The van der Waals surface area contributed by atoms with Crippen molar-refractivity contribution in [1.29, 1.82) is 0 Å². The number of oxime groups is 1. The van der Waals surface area contributed by atoms with E-state index in [2.05, 4.69) is 29.6 Å². The van der Waals surface area contributed by atoms with Crippen molar-refractivity contribution < 1.29 is 32.3 Å². The summed E-state index contributed by atoms with van der Waals surface area (Å²) >= 11 is 0. The van der Waals surface area contributed by atoms with Crippen molar-refractivity contribution >= 4 is 50.0 Å². The maximum absolute atomic E-state index is 14.7. The van der Waals surface area contributed by atoms with Gasteiger partial charge in [0.1, 0.15) is 11.5 Å². The summed E-state index contributed by atoms with van der Waals surface area (Å²) in [5, 5.41) is 7.81. The zero-order valence-corrected chi connectivity index (χ0v) is 32.3. The maximum Gasteiger partial charge on any atom is 0.392 e. The van der Waals surface area contributed by atoms with Gasteiger partial charge in [-0.05, 0) is 80.0 Å². The average Bonchev–Trinajstić information content (AvgIpc) is 3.44. The van der Waals surface area contributed by atoms with Gasteiger partial charge in [-0.3, -0.25) is 4.79 Å². The number of aryl methyl sites for hydroxylation is 3. The number of fused-ring (bicyclic) bond motifs is 5. The fourth-order valence-electron chi connectivity index (χ4n) is 7.77. The summed E-state index contributed by atoms with van der Waals surface area (Å²) in [6.07, 6.45) is -1.21. The molecule has 1 unspecified atom stereocenters. The van der Waals surface area contributed by atoms with Crippen molar-refractivity contribution in [2.24, 2.45) is 11.1 Å². The molecule has 6 aromatic rings. The zero-order chi connectivity index (χ0) is 39.4. The topological polar surface area (TPSA) is 69.9 Å². The Morgan fingerprint density at radius 2 is 1.51 bits per heavy atom. The molecule has 6 nitrogen and oxygen atoms in total. The molecule has 1 aromatic heterocycles. The first kappa shape index (κ1) is 39.3. The Morgan fingerprint density at radius 1 is 0.818 bits per heavy atom. The summed E-state index contributed by atoms with van der Waals surface area (Å²) in [5.74, 6) is -0.121. The van der Waals surface area contributed by atoms with E-state index >= 15 is 0 Å². The van der Waals surface area contributed by atoms with Crippen LogP contribution >= 0.6 is 0 Å². The van der Waals surface area contributed by atoms with Gasteiger partial charge in [0.05, 0.1) is 18.5 Å². The zero-order valence-electron chi connectivity index (χ0n) is 32.3. The molecule has 0 fully saturated rings. The van der Waals surface area contributed by atoms with E-state index in [4.69, 9.17) is 9.57 Å². The number of ketones is 1. The second kappa shape index (κ2) is 16.5. The van der Waals surface area contributed by atoms with Gasteiger partial charge in [-0.15, -0.1) is 0 Å². The Morgan fingerprint density at radius 3 is 2.18 bits per heavy atom. The number of benzene rings is 5. The van der Waals surface area contributed by atoms with Crippen molar-refractivity contribution in [3.8, 4) is 5.75 Å². The number of nitrogens with zero attached hydrogens (tertiary/aromatic N) is 2. The lowest BCUT2D eigenvalue weighted by Crippen LogP contribution is -2.15. The summed E-state index contributed by atoms with van der Waals surface area (Å²) in [4.78, 5) is 31.9. The smallest absolute Gasteiger partial charge is 0.392 e. The number of halogens is 3. The van der Waals surface area contributed by atoms with Gasteiger partial charge >= 0.3 is 12.1 Å². The molecule has 0 saturated heterocycles. The van der Waals surface area contributed by atoms with Crippen LogP contribution in [0.15, 0.2) is 90.1 Å². The number of rotatable bonds is 14. The van der Waals surface area contributed by atoms with Gasteiger partial charge < -0.3 is 14.1 Å². The lowest BCUT2D eigenvalue weighted by Gasteiger charge is -2.19. The fraction of sp³-hybridized carbons (Fsp3) is 0.326. The van der Waals surface area contributed by atoms with Crippen molar-refractivity contribution in [3.63, 3.8) is 0 Å². The van der Waals surface area contributed by atoms with Crippen LogP contribution in [0.3, 0.4) is 0 Å². The number of ether oxygens (including phenoxy) is 1. The molecule has 0 aliphatic carbocycles. The predicted molar refractivity (Wildman–Crippen MR) is 214 cm³/mol. The molecule has 6 rings (SSSR count). The molecule has 0 spiro atoms. The molecule has 9 heteroatoms. The number of hydrogen-bond donors (Lipinski definition) is 0. The SMILES string of the molecule is CCCCC(CC)Cn1c2ccc(/C(=N\OC(C)=O)c3ccccc3OCCC(F)(F)F)cc2c2cc(C(=O)c3c(C)cc(C)cc3C)c3ccccc3c21. The standard InChI is InChI=1S/C46H47F3N2O4/c1-7-9-14-32(8-2)27-51-40-20-19-33(43(50-55-31(6)52)36-17-12-13-18-41(36)54-22-21-46(47,48)49)25-37(40)38-26-39(34-15-10-11-16-35(34)44(38)51)45(53)42-29(4)23-28(3)24-30(42)5/h10-13,15-20,23-26,32H,7-9,14,21-22,27H2,1-6H3/b50-43+. The molecular formula is C46H47F3N2O4. The number of carbonyl (C=O) groups excluding carboxylic acids is 2. The lowest BCUT2D eigenvalue weighted by molar-refractivity contribution is -0.141. The lowest BCUT2D eigenvalue weighted by atomic mass is 9.89. The van der Waals surface area contributed by atoms with E-state index in [1.54, 1.807) is 24.3 Å². The van der Waals surface area contributed by atoms with E-state index in [1.165, 1.54) is 6.92 Å². The van der Waals surface area contributed by atoms with Gasteiger partial charge in [0.15, 0.2) is 5.78 Å². The molecule has 286 valence electrons. The molecular weight excluding hydrogens is 702 g/mol. The van der Waals surface area contributed by atoms with E-state index in [0.717, 1.165) is 81.5 Å². The first-order valence-electron chi connectivity index (χ1n) is 19.0. The summed E-state index contributed by atoms with van der Waals surface area (Å²) in [5.41, 5.74) is 7.33. The van der Waals surface area contributed by atoms with Crippen LogP contribution in [0.2, 0.25) is 0 Å². The Labute approximate surface area is 319 Å². The van der Waals surface area contributed by atoms with Crippen molar-refractivity contribution in [2.75, 3.05) is 6.61 Å². The van der Waals surface area contributed by atoms with Gasteiger partial charge in [0.25, 0.3) is 0 Å². The number of carbonyl (C=O) groups is 2. The van der Waals surface area contributed by atoms with Crippen LogP contribution in [-0.2, 0) is 16.2 Å². The molecule has 5 aromatic carbocycles. The van der Waals surface area contributed by atoms with Crippen LogP contribution in [0.25, 0.3) is 32.6 Å². The summed E-state index contributed by atoms with van der Waals surface area (Å²) in [6, 6.07) is 26.6. The molecule has 0 saturated carbocycles.